The second kappa shape index (κ2) is 7.63. The zero-order valence-electron chi connectivity index (χ0n) is 14.0. The van der Waals surface area contributed by atoms with Gasteiger partial charge < -0.3 is 19.7 Å². The fourth-order valence-electron chi connectivity index (χ4n) is 2.41. The smallest absolute Gasteiger partial charge is 0.323 e. The predicted molar refractivity (Wildman–Crippen MR) is 89.1 cm³/mol. The van der Waals surface area contributed by atoms with Crippen LogP contribution in [0.4, 0.5) is 0 Å². The zero-order chi connectivity index (χ0) is 17.7. The molecule has 1 aromatic heterocycles. The molecule has 128 valence electrons. The number of carbonyl (C=O) groups excluding carboxylic acids is 1. The summed E-state index contributed by atoms with van der Waals surface area (Å²) < 4.78 is 5.19. The van der Waals surface area contributed by atoms with Crippen molar-refractivity contribution in [1.82, 2.24) is 14.9 Å². The number of aromatic nitrogens is 2. The van der Waals surface area contributed by atoms with Gasteiger partial charge in [0.25, 0.3) is 5.91 Å². The molecule has 7 heteroatoms. The van der Waals surface area contributed by atoms with Gasteiger partial charge in [-0.3, -0.25) is 9.59 Å². The highest BCUT2D eigenvalue weighted by Gasteiger charge is 2.23. The Morgan fingerprint density at radius 2 is 2.12 bits per heavy atom. The van der Waals surface area contributed by atoms with Crippen molar-refractivity contribution in [2.75, 3.05) is 20.2 Å². The van der Waals surface area contributed by atoms with Crippen LogP contribution >= 0.6 is 0 Å². The Kier molecular flexibility index (Phi) is 5.57. The summed E-state index contributed by atoms with van der Waals surface area (Å²) in [4.78, 5) is 32.3. The van der Waals surface area contributed by atoms with Crippen LogP contribution in [0.5, 0.6) is 5.75 Å². The average Bonchev–Trinajstić information content (AvgIpc) is 2.95. The number of carboxylic acids is 1. The summed E-state index contributed by atoms with van der Waals surface area (Å²) in [6.07, 6.45) is 0.672. The summed E-state index contributed by atoms with van der Waals surface area (Å²) in [6, 6.07) is 7.33. The molecule has 2 N–H and O–H groups in total. The third kappa shape index (κ3) is 3.92. The first-order valence-corrected chi connectivity index (χ1v) is 7.68. The lowest BCUT2D eigenvalue weighted by Gasteiger charge is -2.18. The molecule has 0 spiro atoms. The fraction of sp³-hybridized carbons (Fsp3) is 0.353. The summed E-state index contributed by atoms with van der Waals surface area (Å²) in [5, 5.41) is 8.98. The first kappa shape index (κ1) is 17.5. The zero-order valence-corrected chi connectivity index (χ0v) is 14.0. The second-order valence-electron chi connectivity index (χ2n) is 5.41. The van der Waals surface area contributed by atoms with E-state index in [-0.39, 0.29) is 18.1 Å². The number of aromatic amines is 1. The maximum Gasteiger partial charge on any atom is 0.323 e. The molecule has 2 aromatic rings. The van der Waals surface area contributed by atoms with Crippen LogP contribution in [0.2, 0.25) is 0 Å². The summed E-state index contributed by atoms with van der Waals surface area (Å²) >= 11 is 0. The van der Waals surface area contributed by atoms with E-state index < -0.39 is 5.97 Å². The van der Waals surface area contributed by atoms with Crippen LogP contribution in [0.3, 0.4) is 0 Å². The lowest BCUT2D eigenvalue weighted by Crippen LogP contribution is -2.36. The summed E-state index contributed by atoms with van der Waals surface area (Å²) in [7, 11) is 1.58. The molecule has 0 radical (unpaired) electrons. The van der Waals surface area contributed by atoms with Crippen molar-refractivity contribution in [2.24, 2.45) is 0 Å². The fourth-order valence-corrected chi connectivity index (χ4v) is 2.41. The number of hydrogen-bond acceptors (Lipinski definition) is 4. The number of nitrogens with one attached hydrogen (secondary N) is 1. The van der Waals surface area contributed by atoms with Gasteiger partial charge in [-0.2, -0.15) is 0 Å². The van der Waals surface area contributed by atoms with Crippen LogP contribution in [0, 0.1) is 6.92 Å². The maximum atomic E-state index is 12.6. The number of aryl methyl sites for hydroxylation is 1. The second-order valence-corrected chi connectivity index (χ2v) is 5.41. The van der Waals surface area contributed by atoms with Crippen molar-refractivity contribution in [1.29, 1.82) is 0 Å². The summed E-state index contributed by atoms with van der Waals surface area (Å²) in [5.41, 5.74) is 1.63. The Morgan fingerprint density at radius 3 is 2.75 bits per heavy atom. The molecule has 1 amide bonds. The molecule has 24 heavy (non-hydrogen) atoms. The largest absolute Gasteiger partial charge is 0.497 e. The van der Waals surface area contributed by atoms with E-state index in [9.17, 15) is 9.59 Å². The van der Waals surface area contributed by atoms with Gasteiger partial charge in [0.05, 0.1) is 7.11 Å². The van der Waals surface area contributed by atoms with Crippen molar-refractivity contribution in [2.45, 2.75) is 20.3 Å². The van der Waals surface area contributed by atoms with E-state index in [0.29, 0.717) is 30.2 Å². The number of carboxylic acid groups (broad SMARTS) is 1. The molecule has 0 aliphatic heterocycles. The lowest BCUT2D eigenvalue weighted by molar-refractivity contribution is -0.137. The number of nitrogens with zero attached hydrogens (tertiary/aromatic N) is 2. The highest BCUT2D eigenvalue weighted by molar-refractivity contribution is 5.95. The highest BCUT2D eigenvalue weighted by Crippen LogP contribution is 2.23. The number of amides is 1. The van der Waals surface area contributed by atoms with Crippen LogP contribution in [-0.2, 0) is 4.79 Å². The van der Waals surface area contributed by atoms with E-state index in [2.05, 4.69) is 9.97 Å². The molecule has 0 fully saturated rings. The summed E-state index contributed by atoms with van der Waals surface area (Å²) in [5.74, 6) is -0.199. The van der Waals surface area contributed by atoms with Crippen LogP contribution in [0.1, 0.15) is 29.5 Å². The molecular weight excluding hydrogens is 310 g/mol. The lowest BCUT2D eigenvalue weighted by atomic mass is 10.2. The standard InChI is InChI=1S/C17H21N3O4/c1-4-8-20(10-14(21)22)17(23)15-11(2)18-16(19-15)12-6-5-7-13(9-12)24-3/h5-7,9H,4,8,10H2,1-3H3,(H,18,19)(H,21,22). The van der Waals surface area contributed by atoms with E-state index in [1.54, 1.807) is 14.0 Å². The van der Waals surface area contributed by atoms with Crippen molar-refractivity contribution in [3.8, 4) is 17.1 Å². The Labute approximate surface area is 140 Å². The molecule has 2 rings (SSSR count). The molecule has 0 unspecified atom stereocenters. The highest BCUT2D eigenvalue weighted by atomic mass is 16.5. The monoisotopic (exact) mass is 331 g/mol. The van der Waals surface area contributed by atoms with Gasteiger partial charge in [0.15, 0.2) is 0 Å². The van der Waals surface area contributed by atoms with Gasteiger partial charge in [-0.25, -0.2) is 4.98 Å². The minimum Gasteiger partial charge on any atom is -0.497 e. The van der Waals surface area contributed by atoms with Crippen LogP contribution in [-0.4, -0.2) is 52.1 Å². The third-order valence-electron chi connectivity index (χ3n) is 3.54. The van der Waals surface area contributed by atoms with Gasteiger partial charge >= 0.3 is 5.97 Å². The van der Waals surface area contributed by atoms with Crippen molar-refractivity contribution in [3.05, 3.63) is 35.7 Å². The SMILES string of the molecule is CCCN(CC(=O)O)C(=O)c1nc(-c2cccc(OC)c2)[nH]c1C. The number of methoxy groups -OCH3 is 1. The maximum absolute atomic E-state index is 12.6. The first-order chi connectivity index (χ1) is 11.5. The first-order valence-electron chi connectivity index (χ1n) is 7.68. The van der Waals surface area contributed by atoms with Gasteiger partial charge in [0, 0.05) is 17.8 Å². The van der Waals surface area contributed by atoms with E-state index in [4.69, 9.17) is 9.84 Å². The van der Waals surface area contributed by atoms with E-state index in [1.807, 2.05) is 31.2 Å². The van der Waals surface area contributed by atoms with E-state index >= 15 is 0 Å². The minimum absolute atomic E-state index is 0.238. The number of rotatable bonds is 7. The molecule has 7 nitrogen and oxygen atoms in total. The number of imidazole rings is 1. The Morgan fingerprint density at radius 1 is 1.38 bits per heavy atom. The number of aliphatic carboxylic acids is 1. The normalized spacial score (nSPS) is 10.5. The summed E-state index contributed by atoms with van der Waals surface area (Å²) in [6.45, 7) is 3.66. The van der Waals surface area contributed by atoms with Gasteiger partial charge in [-0.15, -0.1) is 0 Å². The third-order valence-corrected chi connectivity index (χ3v) is 3.54. The number of ether oxygens (including phenoxy) is 1. The van der Waals surface area contributed by atoms with Crippen molar-refractivity contribution < 1.29 is 19.4 Å². The van der Waals surface area contributed by atoms with Crippen LogP contribution in [0.25, 0.3) is 11.4 Å². The van der Waals surface area contributed by atoms with Crippen molar-refractivity contribution in [3.63, 3.8) is 0 Å². The van der Waals surface area contributed by atoms with Gasteiger partial charge in [0.1, 0.15) is 23.8 Å². The van der Waals surface area contributed by atoms with E-state index in [1.165, 1.54) is 4.90 Å². The number of H-pyrrole nitrogens is 1. The topological polar surface area (TPSA) is 95.5 Å². The van der Waals surface area contributed by atoms with Gasteiger partial charge in [-0.05, 0) is 25.5 Å². The number of benzene rings is 1. The number of carbonyl (C=O) groups is 2. The molecule has 0 saturated heterocycles. The molecule has 1 aromatic carbocycles. The van der Waals surface area contributed by atoms with Crippen LogP contribution < -0.4 is 4.74 Å². The molecular formula is C17H21N3O4. The minimum atomic E-state index is -1.04. The van der Waals surface area contributed by atoms with Gasteiger partial charge in [-0.1, -0.05) is 19.1 Å². The molecule has 0 saturated carbocycles. The number of hydrogen-bond donors (Lipinski definition) is 2. The quantitative estimate of drug-likeness (QED) is 0.812. The Balaban J connectivity index is 2.32. The van der Waals surface area contributed by atoms with E-state index in [0.717, 1.165) is 5.56 Å². The molecule has 0 aliphatic carbocycles. The molecule has 0 bridgehead atoms. The van der Waals surface area contributed by atoms with Crippen LogP contribution in [0.15, 0.2) is 24.3 Å². The Hall–Kier alpha value is -2.83. The Bertz CT molecular complexity index is 739. The molecule has 0 aliphatic rings. The predicted octanol–water partition coefficient (Wildman–Crippen LogP) is 2.33. The molecule has 0 atom stereocenters. The van der Waals surface area contributed by atoms with Gasteiger partial charge in [0.2, 0.25) is 0 Å². The molecule has 1 heterocycles. The van der Waals surface area contributed by atoms with Crippen molar-refractivity contribution >= 4 is 11.9 Å². The average molecular weight is 331 g/mol.